The number of hydrogen-bond donors (Lipinski definition) is 3. The summed E-state index contributed by atoms with van der Waals surface area (Å²) >= 11 is 0. The third kappa shape index (κ3) is 5.90. The van der Waals surface area contributed by atoms with E-state index in [1.807, 2.05) is 18.2 Å². The Morgan fingerprint density at radius 2 is 1.66 bits per heavy atom. The van der Waals surface area contributed by atoms with Crippen LogP contribution in [0.15, 0.2) is 48.5 Å². The topological polar surface area (TPSA) is 103 Å². The van der Waals surface area contributed by atoms with Crippen LogP contribution in [0.2, 0.25) is 0 Å². The lowest BCUT2D eigenvalue weighted by Crippen LogP contribution is -2.54. The highest BCUT2D eigenvalue weighted by molar-refractivity contribution is 5.99. The first-order valence-electron chi connectivity index (χ1n) is 10.5. The molecule has 0 radical (unpaired) electrons. The lowest BCUT2D eigenvalue weighted by molar-refractivity contribution is -0.117. The number of nitrogens with one attached hydrogen (secondary N) is 3. The maximum Gasteiger partial charge on any atom is 0.318 e. The van der Waals surface area contributed by atoms with Gasteiger partial charge >= 0.3 is 6.03 Å². The Bertz CT molecular complexity index is 958. The van der Waals surface area contributed by atoms with Gasteiger partial charge in [0.1, 0.15) is 11.8 Å². The monoisotopic (exact) mass is 439 g/mol. The van der Waals surface area contributed by atoms with Gasteiger partial charge in [0.05, 0.1) is 12.8 Å². The highest BCUT2D eigenvalue weighted by Crippen LogP contribution is 2.28. The fraction of sp³-hybridized carbons (Fsp3) is 0.348. The number of amides is 4. The fourth-order valence-corrected chi connectivity index (χ4v) is 3.48. The molecular formula is C23H29N5O4. The van der Waals surface area contributed by atoms with E-state index in [-0.39, 0.29) is 17.8 Å². The maximum absolute atomic E-state index is 12.7. The van der Waals surface area contributed by atoms with Gasteiger partial charge in [-0.05, 0) is 37.3 Å². The van der Waals surface area contributed by atoms with Gasteiger partial charge < -0.3 is 30.5 Å². The van der Waals surface area contributed by atoms with Crippen molar-refractivity contribution in [2.24, 2.45) is 0 Å². The molecule has 0 aromatic heterocycles. The van der Waals surface area contributed by atoms with Crippen molar-refractivity contribution in [1.82, 2.24) is 10.2 Å². The predicted molar refractivity (Wildman–Crippen MR) is 124 cm³/mol. The van der Waals surface area contributed by atoms with Gasteiger partial charge in [-0.25, -0.2) is 4.79 Å². The highest BCUT2D eigenvalue weighted by Gasteiger charge is 2.24. The van der Waals surface area contributed by atoms with E-state index >= 15 is 0 Å². The number of piperazine rings is 1. The second-order valence-electron chi connectivity index (χ2n) is 7.57. The van der Waals surface area contributed by atoms with E-state index in [9.17, 15) is 14.4 Å². The molecule has 0 bridgehead atoms. The predicted octanol–water partition coefficient (Wildman–Crippen LogP) is 2.51. The van der Waals surface area contributed by atoms with Crippen LogP contribution in [0.4, 0.5) is 21.9 Å². The summed E-state index contributed by atoms with van der Waals surface area (Å²) in [6.45, 7) is 5.62. The second kappa shape index (κ2) is 10.5. The number of rotatable bonds is 6. The number of para-hydroxylation sites is 1. The molecule has 1 saturated heterocycles. The van der Waals surface area contributed by atoms with Gasteiger partial charge in [-0.1, -0.05) is 18.2 Å². The minimum atomic E-state index is -0.760. The van der Waals surface area contributed by atoms with Crippen LogP contribution in [0.25, 0.3) is 0 Å². The first-order valence-corrected chi connectivity index (χ1v) is 10.5. The first-order chi connectivity index (χ1) is 15.4. The molecule has 1 atom stereocenters. The summed E-state index contributed by atoms with van der Waals surface area (Å²) in [6, 6.07) is 14.0. The third-order valence-corrected chi connectivity index (χ3v) is 5.20. The highest BCUT2D eigenvalue weighted by atomic mass is 16.5. The summed E-state index contributed by atoms with van der Waals surface area (Å²) < 4.78 is 5.28. The zero-order valence-electron chi connectivity index (χ0n) is 18.6. The Morgan fingerprint density at radius 1 is 0.969 bits per heavy atom. The van der Waals surface area contributed by atoms with E-state index in [1.54, 1.807) is 30.0 Å². The molecule has 0 saturated carbocycles. The van der Waals surface area contributed by atoms with Crippen LogP contribution in [-0.2, 0) is 9.59 Å². The van der Waals surface area contributed by atoms with Crippen molar-refractivity contribution in [1.29, 1.82) is 0 Å². The molecule has 2 aromatic rings. The summed E-state index contributed by atoms with van der Waals surface area (Å²) in [5.41, 5.74) is 2.07. The average Bonchev–Trinajstić information content (AvgIpc) is 2.79. The zero-order chi connectivity index (χ0) is 23.1. The molecule has 170 valence electrons. The number of hydrogen-bond acceptors (Lipinski definition) is 5. The van der Waals surface area contributed by atoms with Gasteiger partial charge in [0.15, 0.2) is 0 Å². The Labute approximate surface area is 187 Å². The Hall–Kier alpha value is -3.75. The van der Waals surface area contributed by atoms with Crippen molar-refractivity contribution in [3.63, 3.8) is 0 Å². The van der Waals surface area contributed by atoms with Crippen LogP contribution in [0.3, 0.4) is 0 Å². The number of methoxy groups -OCH3 is 1. The normalized spacial score (nSPS) is 14.3. The largest absolute Gasteiger partial charge is 0.495 e. The Morgan fingerprint density at radius 3 is 2.28 bits per heavy atom. The molecule has 3 rings (SSSR count). The van der Waals surface area contributed by atoms with E-state index in [0.29, 0.717) is 30.2 Å². The van der Waals surface area contributed by atoms with Crippen molar-refractivity contribution in [3.8, 4) is 5.75 Å². The summed E-state index contributed by atoms with van der Waals surface area (Å²) in [5, 5.41) is 8.17. The van der Waals surface area contributed by atoms with Crippen LogP contribution in [0.5, 0.6) is 5.75 Å². The number of anilines is 3. The molecular weight excluding hydrogens is 410 g/mol. The molecule has 1 heterocycles. The Kier molecular flexibility index (Phi) is 7.54. The van der Waals surface area contributed by atoms with Crippen molar-refractivity contribution >= 4 is 34.9 Å². The van der Waals surface area contributed by atoms with E-state index in [2.05, 4.69) is 33.0 Å². The summed E-state index contributed by atoms with van der Waals surface area (Å²) in [5.74, 6) is -0.164. The van der Waals surface area contributed by atoms with Gasteiger partial charge in [0.25, 0.3) is 0 Å². The number of urea groups is 1. The lowest BCUT2D eigenvalue weighted by Gasteiger charge is -2.36. The van der Waals surface area contributed by atoms with Crippen LogP contribution < -0.4 is 25.6 Å². The molecule has 9 nitrogen and oxygen atoms in total. The number of nitrogens with zero attached hydrogens (tertiary/aromatic N) is 2. The van der Waals surface area contributed by atoms with Crippen LogP contribution in [0.1, 0.15) is 13.8 Å². The van der Waals surface area contributed by atoms with Gasteiger partial charge in [-0.2, -0.15) is 0 Å². The third-order valence-electron chi connectivity index (χ3n) is 5.20. The van der Waals surface area contributed by atoms with Gasteiger partial charge in [0, 0.05) is 44.5 Å². The van der Waals surface area contributed by atoms with E-state index in [1.165, 1.54) is 14.0 Å². The number of carbonyl (C=O) groups excluding carboxylic acids is 3. The van der Waals surface area contributed by atoms with Crippen molar-refractivity contribution < 1.29 is 19.1 Å². The number of carbonyl (C=O) groups is 3. The number of ether oxygens (including phenoxy) is 1. The maximum atomic E-state index is 12.7. The molecule has 0 aliphatic carbocycles. The summed E-state index contributed by atoms with van der Waals surface area (Å²) in [6.07, 6.45) is 0. The molecule has 0 unspecified atom stereocenters. The fourth-order valence-electron chi connectivity index (χ4n) is 3.48. The first kappa shape index (κ1) is 22.9. The molecule has 2 aromatic carbocycles. The van der Waals surface area contributed by atoms with Crippen molar-refractivity contribution in [2.45, 2.75) is 19.9 Å². The minimum absolute atomic E-state index is 0.222. The van der Waals surface area contributed by atoms with E-state index in [4.69, 9.17) is 4.74 Å². The smallest absolute Gasteiger partial charge is 0.318 e. The zero-order valence-corrected chi connectivity index (χ0v) is 18.6. The van der Waals surface area contributed by atoms with Crippen molar-refractivity contribution in [3.05, 3.63) is 48.5 Å². The summed E-state index contributed by atoms with van der Waals surface area (Å²) in [4.78, 5) is 40.6. The molecule has 0 spiro atoms. The van der Waals surface area contributed by atoms with Crippen LogP contribution in [0, 0.1) is 0 Å². The molecule has 3 N–H and O–H groups in total. The standard InChI is InChI=1S/C23H29N5O4/c1-16(22(30)26-20-15-18(25-17(2)29)9-10-21(20)32-3)24-23(31)28-13-11-27(12-14-28)19-7-5-4-6-8-19/h4-10,15-16H,11-14H2,1-3H3,(H,24,31)(H,25,29)(H,26,30)/t16-/m1/s1. The molecule has 1 aliphatic heterocycles. The van der Waals surface area contributed by atoms with Gasteiger partial charge in [-0.3, -0.25) is 9.59 Å². The van der Waals surface area contributed by atoms with Crippen LogP contribution >= 0.6 is 0 Å². The molecule has 1 aliphatic rings. The molecule has 4 amide bonds. The van der Waals surface area contributed by atoms with E-state index < -0.39 is 6.04 Å². The number of benzene rings is 2. The lowest BCUT2D eigenvalue weighted by atomic mass is 10.2. The summed E-state index contributed by atoms with van der Waals surface area (Å²) in [7, 11) is 1.49. The minimum Gasteiger partial charge on any atom is -0.495 e. The molecule has 32 heavy (non-hydrogen) atoms. The molecule has 9 heteroatoms. The van der Waals surface area contributed by atoms with Gasteiger partial charge in [-0.15, -0.1) is 0 Å². The Balaban J connectivity index is 1.54. The average molecular weight is 440 g/mol. The SMILES string of the molecule is COc1ccc(NC(C)=O)cc1NC(=O)[C@@H](C)NC(=O)N1CCN(c2ccccc2)CC1. The van der Waals surface area contributed by atoms with E-state index in [0.717, 1.165) is 18.8 Å². The van der Waals surface area contributed by atoms with Crippen molar-refractivity contribution in [2.75, 3.05) is 48.8 Å². The van der Waals surface area contributed by atoms with Crippen LogP contribution in [-0.4, -0.2) is 62.1 Å². The second-order valence-corrected chi connectivity index (χ2v) is 7.57. The van der Waals surface area contributed by atoms with Gasteiger partial charge in [0.2, 0.25) is 11.8 Å². The molecule has 1 fully saturated rings. The quantitative estimate of drug-likeness (QED) is 0.642.